The van der Waals surface area contributed by atoms with Gasteiger partial charge >= 0.3 is 0 Å². The Balaban J connectivity index is 2.78. The topological polar surface area (TPSA) is 75.3 Å². The van der Waals surface area contributed by atoms with Crippen LogP contribution in [0.15, 0.2) is 29.2 Å². The lowest BCUT2D eigenvalue weighted by Gasteiger charge is -2.21. The number of unbranched alkanes of at least 4 members (excludes halogenated alkanes) is 2. The average Bonchev–Trinajstić information content (AvgIpc) is 2.59. The molecule has 0 spiro atoms. The summed E-state index contributed by atoms with van der Waals surface area (Å²) in [4.78, 5) is 12.7. The predicted octanol–water partition coefficient (Wildman–Crippen LogP) is 3.83. The fraction of sp³-hybridized carbons (Fsp3) is 0.611. The first-order valence-corrected chi connectivity index (χ1v) is 12.1. The van der Waals surface area contributed by atoms with Crippen molar-refractivity contribution < 1.29 is 13.2 Å². The largest absolute Gasteiger partial charge is 0.352 e. The highest BCUT2D eigenvalue weighted by Crippen LogP contribution is 2.15. The van der Waals surface area contributed by atoms with Crippen molar-refractivity contribution >= 4 is 39.3 Å². The number of hydrogen-bond acceptors (Lipinski definition) is 4. The summed E-state index contributed by atoms with van der Waals surface area (Å²) in [5, 5.41) is 3.39. The Bertz CT molecular complexity index is 651. The number of benzene rings is 1. The van der Waals surface area contributed by atoms with Gasteiger partial charge in [-0.05, 0) is 56.0 Å². The van der Waals surface area contributed by atoms with Gasteiger partial charge in [0.05, 0.1) is 4.90 Å². The van der Waals surface area contributed by atoms with Crippen LogP contribution in [0.5, 0.6) is 0 Å². The summed E-state index contributed by atoms with van der Waals surface area (Å²) in [5.41, 5.74) is 0. The molecule has 2 N–H and O–H groups in total. The highest BCUT2D eigenvalue weighted by atomic mass is 35.5. The zero-order chi connectivity index (χ0) is 19.6. The van der Waals surface area contributed by atoms with Crippen LogP contribution < -0.4 is 10.0 Å². The fourth-order valence-corrected chi connectivity index (χ4v) is 4.29. The van der Waals surface area contributed by atoms with Gasteiger partial charge in [0.25, 0.3) is 0 Å². The second-order valence-electron chi connectivity index (χ2n) is 6.31. The van der Waals surface area contributed by atoms with Crippen LogP contribution in [0, 0.1) is 0 Å². The molecule has 0 aliphatic heterocycles. The third-order valence-corrected chi connectivity index (χ3v) is 6.36. The van der Waals surface area contributed by atoms with Gasteiger partial charge in [0, 0.05) is 11.1 Å². The van der Waals surface area contributed by atoms with Gasteiger partial charge in [-0.2, -0.15) is 16.5 Å². The number of carbonyl (C=O) groups is 1. The molecule has 0 bridgehead atoms. The zero-order valence-electron chi connectivity index (χ0n) is 15.6. The molecule has 0 saturated heterocycles. The first-order chi connectivity index (χ1) is 12.3. The Morgan fingerprint density at radius 3 is 2.42 bits per heavy atom. The molecule has 1 aromatic rings. The first kappa shape index (κ1) is 23.3. The van der Waals surface area contributed by atoms with Crippen molar-refractivity contribution in [1.82, 2.24) is 10.0 Å². The molecule has 1 rings (SSSR count). The summed E-state index contributed by atoms with van der Waals surface area (Å²) in [6, 6.07) is 5.12. The molecule has 148 valence electrons. The maximum atomic E-state index is 12.6. The molecule has 2 unspecified atom stereocenters. The minimum absolute atomic E-state index is 0.0193. The summed E-state index contributed by atoms with van der Waals surface area (Å²) in [7, 11) is -3.79. The minimum atomic E-state index is -3.79. The number of sulfonamides is 1. The summed E-state index contributed by atoms with van der Waals surface area (Å²) in [6.07, 6.45) is 6.54. The van der Waals surface area contributed by atoms with E-state index in [0.717, 1.165) is 25.7 Å². The Morgan fingerprint density at radius 1 is 1.19 bits per heavy atom. The molecule has 8 heteroatoms. The smallest absolute Gasteiger partial charge is 0.241 e. The summed E-state index contributed by atoms with van der Waals surface area (Å²) < 4.78 is 27.7. The average molecular weight is 421 g/mol. The van der Waals surface area contributed by atoms with Crippen LogP contribution in [-0.2, 0) is 14.8 Å². The molecule has 0 fully saturated rings. The number of halogens is 1. The van der Waals surface area contributed by atoms with Gasteiger partial charge in [0.15, 0.2) is 0 Å². The van der Waals surface area contributed by atoms with Crippen molar-refractivity contribution in [3.63, 3.8) is 0 Å². The van der Waals surface area contributed by atoms with Crippen LogP contribution in [0.25, 0.3) is 0 Å². The maximum absolute atomic E-state index is 12.6. The van der Waals surface area contributed by atoms with E-state index < -0.39 is 16.1 Å². The Kier molecular flexibility index (Phi) is 10.6. The van der Waals surface area contributed by atoms with Crippen LogP contribution in [-0.4, -0.2) is 38.4 Å². The van der Waals surface area contributed by atoms with Crippen molar-refractivity contribution in [2.24, 2.45) is 0 Å². The molecule has 0 aromatic heterocycles. The first-order valence-electron chi connectivity index (χ1n) is 8.87. The summed E-state index contributed by atoms with van der Waals surface area (Å²) in [6.45, 7) is 4.08. The van der Waals surface area contributed by atoms with Gasteiger partial charge in [0.1, 0.15) is 6.04 Å². The Hall–Kier alpha value is -0.760. The minimum Gasteiger partial charge on any atom is -0.352 e. The van der Waals surface area contributed by atoms with E-state index in [2.05, 4.69) is 17.0 Å². The molecular formula is C18H29ClN2O3S2. The number of amides is 1. The van der Waals surface area contributed by atoms with E-state index in [4.69, 9.17) is 11.6 Å². The van der Waals surface area contributed by atoms with E-state index in [-0.39, 0.29) is 16.8 Å². The third-order valence-electron chi connectivity index (χ3n) is 3.98. The van der Waals surface area contributed by atoms with Gasteiger partial charge < -0.3 is 5.32 Å². The number of carbonyl (C=O) groups excluding carboxylic acids is 1. The lowest BCUT2D eigenvalue weighted by Crippen LogP contribution is -2.49. The number of rotatable bonds is 12. The van der Waals surface area contributed by atoms with Crippen LogP contribution in [0.3, 0.4) is 0 Å². The van der Waals surface area contributed by atoms with Crippen LogP contribution >= 0.6 is 23.4 Å². The zero-order valence-corrected chi connectivity index (χ0v) is 18.0. The normalized spacial score (nSPS) is 14.0. The van der Waals surface area contributed by atoms with E-state index in [0.29, 0.717) is 17.2 Å². The quantitative estimate of drug-likeness (QED) is 0.504. The molecular weight excluding hydrogens is 392 g/mol. The third kappa shape index (κ3) is 8.29. The van der Waals surface area contributed by atoms with Gasteiger partial charge in [-0.3, -0.25) is 4.79 Å². The molecule has 1 amide bonds. The predicted molar refractivity (Wildman–Crippen MR) is 110 cm³/mol. The van der Waals surface area contributed by atoms with Gasteiger partial charge in [-0.15, -0.1) is 0 Å². The molecule has 0 aliphatic rings. The van der Waals surface area contributed by atoms with Gasteiger partial charge in [-0.1, -0.05) is 37.8 Å². The molecule has 0 radical (unpaired) electrons. The van der Waals surface area contributed by atoms with E-state index in [9.17, 15) is 13.2 Å². The lowest BCUT2D eigenvalue weighted by atomic mass is 10.1. The highest BCUT2D eigenvalue weighted by molar-refractivity contribution is 7.98. The van der Waals surface area contributed by atoms with Crippen molar-refractivity contribution in [2.75, 3.05) is 12.0 Å². The number of thioether (sulfide) groups is 1. The van der Waals surface area contributed by atoms with Crippen molar-refractivity contribution in [3.05, 3.63) is 29.3 Å². The van der Waals surface area contributed by atoms with Crippen molar-refractivity contribution in [3.8, 4) is 0 Å². The van der Waals surface area contributed by atoms with Crippen LogP contribution in [0.1, 0.15) is 46.0 Å². The molecule has 0 saturated carbocycles. The second kappa shape index (κ2) is 11.8. The summed E-state index contributed by atoms with van der Waals surface area (Å²) >= 11 is 7.39. The second-order valence-corrected chi connectivity index (χ2v) is 9.45. The SMILES string of the molecule is CCCCCC(C)NC(=O)C(CCSC)NS(=O)(=O)c1ccc(Cl)cc1. The number of hydrogen-bond donors (Lipinski definition) is 2. The van der Waals surface area contributed by atoms with Crippen molar-refractivity contribution in [1.29, 1.82) is 0 Å². The molecule has 0 aliphatic carbocycles. The van der Waals surface area contributed by atoms with Gasteiger partial charge in [0.2, 0.25) is 15.9 Å². The monoisotopic (exact) mass is 420 g/mol. The molecule has 1 aromatic carbocycles. The standard InChI is InChI=1S/C18H29ClN2O3S2/c1-4-5-6-7-14(2)20-18(22)17(12-13-25-3)21-26(23,24)16-10-8-15(19)9-11-16/h8-11,14,17,21H,4-7,12-13H2,1-3H3,(H,20,22). The van der Waals surface area contributed by atoms with Crippen molar-refractivity contribution in [2.45, 2.75) is 62.9 Å². The van der Waals surface area contributed by atoms with E-state index >= 15 is 0 Å². The summed E-state index contributed by atoms with van der Waals surface area (Å²) in [5.74, 6) is 0.409. The molecule has 0 heterocycles. The molecule has 5 nitrogen and oxygen atoms in total. The van der Waals surface area contributed by atoms with E-state index in [1.807, 2.05) is 13.2 Å². The van der Waals surface area contributed by atoms with Crippen LogP contribution in [0.4, 0.5) is 0 Å². The van der Waals surface area contributed by atoms with Crippen LogP contribution in [0.2, 0.25) is 5.02 Å². The maximum Gasteiger partial charge on any atom is 0.241 e. The fourth-order valence-electron chi connectivity index (χ4n) is 2.46. The Labute approximate surface area is 166 Å². The molecule has 26 heavy (non-hydrogen) atoms. The number of nitrogens with one attached hydrogen (secondary N) is 2. The van der Waals surface area contributed by atoms with E-state index in [1.54, 1.807) is 11.8 Å². The van der Waals surface area contributed by atoms with E-state index in [1.165, 1.54) is 24.3 Å². The molecule has 2 atom stereocenters. The van der Waals surface area contributed by atoms with Gasteiger partial charge in [-0.25, -0.2) is 8.42 Å². The highest BCUT2D eigenvalue weighted by Gasteiger charge is 2.26. The Morgan fingerprint density at radius 2 is 1.85 bits per heavy atom. The lowest BCUT2D eigenvalue weighted by molar-refractivity contribution is -0.123.